The van der Waals surface area contributed by atoms with Crippen molar-refractivity contribution in [3.8, 4) is 5.75 Å². The van der Waals surface area contributed by atoms with Crippen LogP contribution in [-0.2, 0) is 9.53 Å². The van der Waals surface area contributed by atoms with E-state index in [0.717, 1.165) is 5.39 Å². The van der Waals surface area contributed by atoms with Crippen molar-refractivity contribution in [2.45, 2.75) is 0 Å². The standard InChI is InChI=1S/C20H16N2O6/c1-27-18-11-10-17(15-4-2-3-5-16(15)18)20(24)28-12-19(23)21-13-6-8-14(9-7-13)22(25)26/h2-11H,12H2,1H3,(H,21,23). The third kappa shape index (κ3) is 4.07. The molecule has 0 saturated carbocycles. The first-order chi connectivity index (χ1) is 13.5. The Kier molecular flexibility index (Phi) is 5.50. The quantitative estimate of drug-likeness (QED) is 0.398. The van der Waals surface area contributed by atoms with E-state index in [1.54, 1.807) is 31.4 Å². The normalized spacial score (nSPS) is 10.3. The Morgan fingerprint density at radius 3 is 2.32 bits per heavy atom. The number of esters is 1. The summed E-state index contributed by atoms with van der Waals surface area (Å²) in [4.78, 5) is 34.5. The first kappa shape index (κ1) is 18.8. The van der Waals surface area contributed by atoms with Gasteiger partial charge in [0.1, 0.15) is 5.75 Å². The summed E-state index contributed by atoms with van der Waals surface area (Å²) in [5, 5.41) is 14.6. The molecule has 1 amide bonds. The number of anilines is 1. The van der Waals surface area contributed by atoms with E-state index in [0.29, 0.717) is 22.4 Å². The highest BCUT2D eigenvalue weighted by Gasteiger charge is 2.15. The molecule has 28 heavy (non-hydrogen) atoms. The predicted molar refractivity (Wildman–Crippen MR) is 103 cm³/mol. The molecule has 8 nitrogen and oxygen atoms in total. The number of hydrogen-bond acceptors (Lipinski definition) is 6. The number of nitrogens with one attached hydrogen (secondary N) is 1. The van der Waals surface area contributed by atoms with Crippen molar-refractivity contribution < 1.29 is 24.0 Å². The van der Waals surface area contributed by atoms with Gasteiger partial charge in [-0.05, 0) is 29.7 Å². The minimum absolute atomic E-state index is 0.0872. The molecule has 1 N–H and O–H groups in total. The molecule has 0 unspecified atom stereocenters. The van der Waals surface area contributed by atoms with Gasteiger partial charge >= 0.3 is 5.97 Å². The van der Waals surface area contributed by atoms with Crippen LogP contribution in [0.1, 0.15) is 10.4 Å². The van der Waals surface area contributed by atoms with Gasteiger partial charge in [0.2, 0.25) is 0 Å². The van der Waals surface area contributed by atoms with Crippen LogP contribution in [0.25, 0.3) is 10.8 Å². The Balaban J connectivity index is 1.66. The van der Waals surface area contributed by atoms with Crippen molar-refractivity contribution in [3.63, 3.8) is 0 Å². The fraction of sp³-hybridized carbons (Fsp3) is 0.100. The van der Waals surface area contributed by atoms with Gasteiger partial charge in [0.25, 0.3) is 11.6 Å². The number of benzene rings is 3. The van der Waals surface area contributed by atoms with Gasteiger partial charge in [0.05, 0.1) is 17.6 Å². The summed E-state index contributed by atoms with van der Waals surface area (Å²) in [6.07, 6.45) is 0. The highest BCUT2D eigenvalue weighted by molar-refractivity contribution is 6.07. The lowest BCUT2D eigenvalue weighted by molar-refractivity contribution is -0.384. The second-order valence-electron chi connectivity index (χ2n) is 5.79. The Bertz CT molecular complexity index is 1050. The molecule has 0 aliphatic rings. The van der Waals surface area contributed by atoms with Gasteiger partial charge in [-0.25, -0.2) is 4.79 Å². The van der Waals surface area contributed by atoms with Crippen LogP contribution in [0.3, 0.4) is 0 Å². The first-order valence-electron chi connectivity index (χ1n) is 8.27. The average Bonchev–Trinajstić information content (AvgIpc) is 2.71. The van der Waals surface area contributed by atoms with E-state index in [2.05, 4.69) is 5.32 Å². The molecule has 3 rings (SSSR count). The molecule has 0 heterocycles. The number of nitro groups is 1. The highest BCUT2D eigenvalue weighted by atomic mass is 16.6. The lowest BCUT2D eigenvalue weighted by Crippen LogP contribution is -2.21. The average molecular weight is 380 g/mol. The molecule has 8 heteroatoms. The van der Waals surface area contributed by atoms with Gasteiger partial charge in [0, 0.05) is 23.2 Å². The van der Waals surface area contributed by atoms with Crippen molar-refractivity contribution in [1.82, 2.24) is 0 Å². The van der Waals surface area contributed by atoms with E-state index in [4.69, 9.17) is 9.47 Å². The molecule has 0 fully saturated rings. The fourth-order valence-electron chi connectivity index (χ4n) is 2.70. The maximum atomic E-state index is 12.4. The topological polar surface area (TPSA) is 108 Å². The fourth-order valence-corrected chi connectivity index (χ4v) is 2.70. The molecule has 0 saturated heterocycles. The zero-order valence-corrected chi connectivity index (χ0v) is 14.9. The second-order valence-corrected chi connectivity index (χ2v) is 5.79. The van der Waals surface area contributed by atoms with E-state index in [-0.39, 0.29) is 5.69 Å². The molecule has 0 aliphatic carbocycles. The minimum atomic E-state index is -0.641. The van der Waals surface area contributed by atoms with Crippen LogP contribution in [0.4, 0.5) is 11.4 Å². The number of rotatable bonds is 6. The molecule has 0 aromatic heterocycles. The number of fused-ring (bicyclic) bond motifs is 1. The van der Waals surface area contributed by atoms with Crippen LogP contribution >= 0.6 is 0 Å². The van der Waals surface area contributed by atoms with Crippen molar-refractivity contribution in [3.05, 3.63) is 76.3 Å². The molecule has 142 valence electrons. The highest BCUT2D eigenvalue weighted by Crippen LogP contribution is 2.28. The summed E-state index contributed by atoms with van der Waals surface area (Å²) in [5.74, 6) is -0.569. The van der Waals surface area contributed by atoms with Gasteiger partial charge in [-0.15, -0.1) is 0 Å². The Morgan fingerprint density at radius 1 is 1.00 bits per heavy atom. The Labute approximate surface area is 159 Å². The van der Waals surface area contributed by atoms with Crippen LogP contribution in [0.2, 0.25) is 0 Å². The molecule has 0 spiro atoms. The van der Waals surface area contributed by atoms with E-state index in [1.807, 2.05) is 12.1 Å². The maximum absolute atomic E-state index is 12.4. The van der Waals surface area contributed by atoms with E-state index >= 15 is 0 Å². The van der Waals surface area contributed by atoms with Crippen LogP contribution in [0.15, 0.2) is 60.7 Å². The number of amides is 1. The Hall–Kier alpha value is -3.94. The smallest absolute Gasteiger partial charge is 0.339 e. The minimum Gasteiger partial charge on any atom is -0.496 e. The van der Waals surface area contributed by atoms with Crippen LogP contribution in [0.5, 0.6) is 5.75 Å². The van der Waals surface area contributed by atoms with Crippen LogP contribution in [-0.4, -0.2) is 30.5 Å². The third-order valence-electron chi connectivity index (χ3n) is 4.02. The number of carbonyl (C=O) groups excluding carboxylic acids is 2. The summed E-state index contributed by atoms with van der Waals surface area (Å²) in [7, 11) is 1.54. The lowest BCUT2D eigenvalue weighted by atomic mass is 10.0. The molecule has 3 aromatic rings. The number of nitro benzene ring substituents is 1. The monoisotopic (exact) mass is 380 g/mol. The summed E-state index contributed by atoms with van der Waals surface area (Å²) in [6.45, 7) is -0.490. The molecule has 0 bridgehead atoms. The summed E-state index contributed by atoms with van der Waals surface area (Å²) in [5.41, 5.74) is 0.594. The molecular formula is C20H16N2O6. The molecule has 0 radical (unpaired) electrons. The van der Waals surface area contributed by atoms with Gasteiger partial charge in [-0.2, -0.15) is 0 Å². The lowest BCUT2D eigenvalue weighted by Gasteiger charge is -2.10. The van der Waals surface area contributed by atoms with Crippen molar-refractivity contribution in [2.75, 3.05) is 19.0 Å². The van der Waals surface area contributed by atoms with Crippen LogP contribution < -0.4 is 10.1 Å². The number of methoxy groups -OCH3 is 1. The number of nitrogens with zero attached hydrogens (tertiary/aromatic N) is 1. The SMILES string of the molecule is COc1ccc(C(=O)OCC(=O)Nc2ccc([N+](=O)[O-])cc2)c2ccccc12. The maximum Gasteiger partial charge on any atom is 0.339 e. The number of hydrogen-bond donors (Lipinski definition) is 1. The summed E-state index contributed by atoms with van der Waals surface area (Å²) >= 11 is 0. The summed E-state index contributed by atoms with van der Waals surface area (Å²) in [6, 6.07) is 15.8. The van der Waals surface area contributed by atoms with E-state index in [9.17, 15) is 19.7 Å². The summed E-state index contributed by atoms with van der Waals surface area (Å²) < 4.78 is 10.4. The Morgan fingerprint density at radius 2 is 1.68 bits per heavy atom. The van der Waals surface area contributed by atoms with E-state index in [1.165, 1.54) is 24.3 Å². The van der Waals surface area contributed by atoms with Crippen LogP contribution in [0, 0.1) is 10.1 Å². The number of non-ortho nitro benzene ring substituents is 1. The predicted octanol–water partition coefficient (Wildman–Crippen LogP) is 3.55. The molecular weight excluding hydrogens is 364 g/mol. The largest absolute Gasteiger partial charge is 0.496 e. The van der Waals surface area contributed by atoms with Gasteiger partial charge < -0.3 is 14.8 Å². The van der Waals surface area contributed by atoms with Gasteiger partial charge in [-0.3, -0.25) is 14.9 Å². The van der Waals surface area contributed by atoms with E-state index < -0.39 is 23.4 Å². The zero-order chi connectivity index (χ0) is 20.1. The zero-order valence-electron chi connectivity index (χ0n) is 14.9. The van der Waals surface area contributed by atoms with Crippen molar-refractivity contribution in [1.29, 1.82) is 0 Å². The van der Waals surface area contributed by atoms with Crippen molar-refractivity contribution in [2.24, 2.45) is 0 Å². The number of carbonyl (C=O) groups is 2. The molecule has 0 aliphatic heterocycles. The van der Waals surface area contributed by atoms with Gasteiger partial charge in [0.15, 0.2) is 6.61 Å². The van der Waals surface area contributed by atoms with Gasteiger partial charge in [-0.1, -0.05) is 24.3 Å². The third-order valence-corrected chi connectivity index (χ3v) is 4.02. The second kappa shape index (κ2) is 8.17. The first-order valence-corrected chi connectivity index (χ1v) is 8.27. The van der Waals surface area contributed by atoms with Crippen molar-refractivity contribution >= 4 is 34.0 Å². The number of ether oxygens (including phenoxy) is 2. The molecule has 3 aromatic carbocycles. The molecule has 0 atom stereocenters.